The lowest BCUT2D eigenvalue weighted by Crippen LogP contribution is -2.49. The van der Waals surface area contributed by atoms with Crippen LogP contribution >= 0.6 is 11.8 Å². The van der Waals surface area contributed by atoms with Gasteiger partial charge in [-0.15, -0.1) is 11.8 Å². The van der Waals surface area contributed by atoms with Gasteiger partial charge in [0.25, 0.3) is 0 Å². The Bertz CT molecular complexity index is 364. The minimum Gasteiger partial charge on any atom is -0.480 e. The smallest absolute Gasteiger partial charge is 0.327 e. The lowest BCUT2D eigenvalue weighted by atomic mass is 9.96. The van der Waals surface area contributed by atoms with Crippen LogP contribution in [0, 0.1) is 5.92 Å². The number of hydrogen-bond acceptors (Lipinski definition) is 3. The third-order valence-electron chi connectivity index (χ3n) is 4.23. The standard InChI is InChI=1S/C14H24N2O3S/c1-2-4-11-5-3-7-15(8-6-11)14(19)16-10-20-9-12(16)13(17)18/h11-12H,2-10H2,1H3,(H,17,18). The molecule has 6 heteroatoms. The van der Waals surface area contributed by atoms with E-state index in [0.29, 0.717) is 11.6 Å². The van der Waals surface area contributed by atoms with Gasteiger partial charge < -0.3 is 14.9 Å². The summed E-state index contributed by atoms with van der Waals surface area (Å²) in [5.41, 5.74) is 0. The summed E-state index contributed by atoms with van der Waals surface area (Å²) in [6.45, 7) is 3.75. The first-order chi connectivity index (χ1) is 9.63. The molecule has 0 aromatic carbocycles. The average molecular weight is 300 g/mol. The Labute approximate surface area is 124 Å². The SMILES string of the molecule is CCCC1CCCN(C(=O)N2CSCC2C(=O)O)CC1. The van der Waals surface area contributed by atoms with Crippen LogP contribution in [0.3, 0.4) is 0 Å². The highest BCUT2D eigenvalue weighted by Gasteiger charge is 2.37. The quantitative estimate of drug-likeness (QED) is 0.870. The van der Waals surface area contributed by atoms with Gasteiger partial charge in [-0.2, -0.15) is 0 Å². The molecule has 2 aliphatic heterocycles. The molecule has 0 bridgehead atoms. The Morgan fingerprint density at radius 2 is 2.10 bits per heavy atom. The van der Waals surface area contributed by atoms with Crippen LogP contribution in [0.15, 0.2) is 0 Å². The number of rotatable bonds is 3. The van der Waals surface area contributed by atoms with Gasteiger partial charge in [0.05, 0.1) is 5.88 Å². The van der Waals surface area contributed by atoms with Crippen LogP contribution in [-0.2, 0) is 4.79 Å². The van der Waals surface area contributed by atoms with Crippen molar-refractivity contribution in [2.24, 2.45) is 5.92 Å². The summed E-state index contributed by atoms with van der Waals surface area (Å²) >= 11 is 1.52. The number of carbonyl (C=O) groups excluding carboxylic acids is 1. The molecule has 2 aliphatic rings. The molecular weight excluding hydrogens is 276 g/mol. The van der Waals surface area contributed by atoms with Crippen molar-refractivity contribution >= 4 is 23.8 Å². The van der Waals surface area contributed by atoms with Crippen molar-refractivity contribution in [2.45, 2.75) is 45.1 Å². The largest absolute Gasteiger partial charge is 0.480 e. The van der Waals surface area contributed by atoms with E-state index in [9.17, 15) is 14.7 Å². The highest BCUT2D eigenvalue weighted by atomic mass is 32.2. The molecule has 20 heavy (non-hydrogen) atoms. The van der Waals surface area contributed by atoms with Gasteiger partial charge in [-0.05, 0) is 25.2 Å². The van der Waals surface area contributed by atoms with E-state index in [1.54, 1.807) is 0 Å². The van der Waals surface area contributed by atoms with Gasteiger partial charge in [-0.3, -0.25) is 0 Å². The molecule has 1 N–H and O–H groups in total. The van der Waals surface area contributed by atoms with E-state index in [1.807, 2.05) is 4.90 Å². The summed E-state index contributed by atoms with van der Waals surface area (Å²) in [4.78, 5) is 27.1. The van der Waals surface area contributed by atoms with Gasteiger partial charge in [-0.1, -0.05) is 19.8 Å². The van der Waals surface area contributed by atoms with E-state index in [2.05, 4.69) is 6.92 Å². The maximum atomic E-state index is 12.5. The fourth-order valence-electron chi connectivity index (χ4n) is 3.07. The molecule has 5 nitrogen and oxygen atoms in total. The molecule has 2 fully saturated rings. The zero-order chi connectivity index (χ0) is 14.5. The van der Waals surface area contributed by atoms with Crippen LogP contribution in [0.1, 0.15) is 39.0 Å². The molecule has 0 spiro atoms. The number of nitrogens with zero attached hydrogens (tertiary/aromatic N) is 2. The van der Waals surface area contributed by atoms with Crippen molar-refractivity contribution in [3.8, 4) is 0 Å². The third-order valence-corrected chi connectivity index (χ3v) is 5.24. The first-order valence-corrected chi connectivity index (χ1v) is 8.65. The van der Waals surface area contributed by atoms with Gasteiger partial charge >= 0.3 is 12.0 Å². The van der Waals surface area contributed by atoms with Gasteiger partial charge in [0.15, 0.2) is 0 Å². The third kappa shape index (κ3) is 3.59. The monoisotopic (exact) mass is 300 g/mol. The highest BCUT2D eigenvalue weighted by Crippen LogP contribution is 2.26. The Morgan fingerprint density at radius 3 is 2.80 bits per heavy atom. The Kier molecular flexibility index (Phi) is 5.57. The number of aliphatic carboxylic acids is 1. The van der Waals surface area contributed by atoms with E-state index in [4.69, 9.17) is 0 Å². The molecule has 0 aromatic heterocycles. The van der Waals surface area contributed by atoms with Crippen LogP contribution in [0.25, 0.3) is 0 Å². The number of thioether (sulfide) groups is 1. The summed E-state index contributed by atoms with van der Waals surface area (Å²) in [6.07, 6.45) is 5.71. The van der Waals surface area contributed by atoms with E-state index in [-0.39, 0.29) is 6.03 Å². The zero-order valence-corrected chi connectivity index (χ0v) is 12.9. The highest BCUT2D eigenvalue weighted by molar-refractivity contribution is 7.99. The molecule has 2 saturated heterocycles. The van der Waals surface area contributed by atoms with Crippen LogP contribution in [0.4, 0.5) is 4.79 Å². The Morgan fingerprint density at radius 1 is 1.30 bits per heavy atom. The van der Waals surface area contributed by atoms with Crippen LogP contribution in [-0.4, -0.2) is 57.7 Å². The fraction of sp³-hybridized carbons (Fsp3) is 0.857. The van der Waals surface area contributed by atoms with Gasteiger partial charge in [0.1, 0.15) is 6.04 Å². The summed E-state index contributed by atoms with van der Waals surface area (Å²) in [7, 11) is 0. The molecule has 114 valence electrons. The molecular formula is C14H24N2O3S. The number of carboxylic acids is 1. The van der Waals surface area contributed by atoms with E-state index < -0.39 is 12.0 Å². The average Bonchev–Trinajstić information content (AvgIpc) is 2.80. The first kappa shape index (κ1) is 15.5. The molecule has 2 heterocycles. The van der Waals surface area contributed by atoms with Crippen molar-refractivity contribution in [3.63, 3.8) is 0 Å². The number of carboxylic acid groups (broad SMARTS) is 1. The fourth-order valence-corrected chi connectivity index (χ4v) is 4.21. The van der Waals surface area contributed by atoms with Crippen molar-refractivity contribution in [1.82, 2.24) is 9.80 Å². The predicted molar refractivity (Wildman–Crippen MR) is 79.8 cm³/mol. The zero-order valence-electron chi connectivity index (χ0n) is 12.1. The second-order valence-corrected chi connectivity index (χ2v) is 6.68. The lowest BCUT2D eigenvalue weighted by Gasteiger charge is -2.29. The Hall–Kier alpha value is -0.910. The molecule has 0 aliphatic carbocycles. The van der Waals surface area contributed by atoms with Gasteiger partial charge in [0.2, 0.25) is 0 Å². The second kappa shape index (κ2) is 7.20. The molecule has 2 unspecified atom stereocenters. The van der Waals surface area contributed by atoms with Crippen molar-refractivity contribution in [2.75, 3.05) is 24.7 Å². The molecule has 0 aromatic rings. The van der Waals surface area contributed by atoms with Crippen LogP contribution < -0.4 is 0 Å². The lowest BCUT2D eigenvalue weighted by molar-refractivity contribution is -0.140. The maximum absolute atomic E-state index is 12.5. The molecule has 0 saturated carbocycles. The summed E-state index contributed by atoms with van der Waals surface area (Å²) in [5.74, 6) is 0.848. The van der Waals surface area contributed by atoms with E-state index >= 15 is 0 Å². The van der Waals surface area contributed by atoms with Crippen molar-refractivity contribution < 1.29 is 14.7 Å². The minimum absolute atomic E-state index is 0.0838. The molecule has 0 radical (unpaired) electrons. The van der Waals surface area contributed by atoms with E-state index in [0.717, 1.165) is 31.8 Å². The summed E-state index contributed by atoms with van der Waals surface area (Å²) < 4.78 is 0. The normalized spacial score (nSPS) is 27.4. The molecule has 2 amide bonds. The predicted octanol–water partition coefficient (Wildman–Crippen LogP) is 2.47. The topological polar surface area (TPSA) is 60.9 Å². The maximum Gasteiger partial charge on any atom is 0.327 e. The second-order valence-electron chi connectivity index (χ2n) is 5.68. The molecule has 2 rings (SSSR count). The number of urea groups is 1. The number of likely N-dealkylation sites (tertiary alicyclic amines) is 1. The van der Waals surface area contributed by atoms with Gasteiger partial charge in [0, 0.05) is 18.8 Å². The van der Waals surface area contributed by atoms with Crippen molar-refractivity contribution in [3.05, 3.63) is 0 Å². The van der Waals surface area contributed by atoms with E-state index in [1.165, 1.54) is 35.9 Å². The number of carbonyl (C=O) groups is 2. The van der Waals surface area contributed by atoms with Crippen molar-refractivity contribution in [1.29, 1.82) is 0 Å². The summed E-state index contributed by atoms with van der Waals surface area (Å²) in [5, 5.41) is 9.17. The number of amides is 2. The van der Waals surface area contributed by atoms with Crippen LogP contribution in [0.5, 0.6) is 0 Å². The first-order valence-electron chi connectivity index (χ1n) is 7.49. The Balaban J connectivity index is 1.93. The van der Waals surface area contributed by atoms with Crippen LogP contribution in [0.2, 0.25) is 0 Å². The minimum atomic E-state index is -0.887. The summed E-state index contributed by atoms with van der Waals surface area (Å²) in [6, 6.07) is -0.734. The molecule has 2 atom stereocenters. The van der Waals surface area contributed by atoms with Gasteiger partial charge in [-0.25, -0.2) is 9.59 Å². The number of hydrogen-bond donors (Lipinski definition) is 1.